The lowest BCUT2D eigenvalue weighted by atomic mass is 10.5. The van der Waals surface area contributed by atoms with E-state index in [4.69, 9.17) is 9.26 Å². The molecule has 1 rings (SSSR count). The molecule has 15 heavy (non-hydrogen) atoms. The molecule has 0 radical (unpaired) electrons. The summed E-state index contributed by atoms with van der Waals surface area (Å²) in [6, 6.07) is 1.92. The van der Waals surface area contributed by atoms with Crippen LogP contribution in [0.15, 0.2) is 15.6 Å². The maximum absolute atomic E-state index is 11.1. The number of hydrogen-bond acceptors (Lipinski definition) is 4. The highest BCUT2D eigenvalue weighted by atomic mass is 32.2. The number of nitrogens with zero attached hydrogens (tertiary/aromatic N) is 1. The minimum Gasteiger partial charge on any atom is -0.465 e. The molecule has 0 aromatic carbocycles. The molecule has 0 amide bonds. The number of ether oxygens (including phenoxy) is 1. The highest BCUT2D eigenvalue weighted by Crippen LogP contribution is 2.15. The molecule has 0 bridgehead atoms. The SMILES string of the molecule is CCOC(=O)CSc1cc(C)o[n+]1CC. The van der Waals surface area contributed by atoms with Crippen LogP contribution in [0.5, 0.6) is 0 Å². The third-order valence-electron chi connectivity index (χ3n) is 1.76. The molecule has 0 atom stereocenters. The molecule has 4 nitrogen and oxygen atoms in total. The molecule has 0 saturated heterocycles. The van der Waals surface area contributed by atoms with Crippen molar-refractivity contribution in [2.75, 3.05) is 12.4 Å². The summed E-state index contributed by atoms with van der Waals surface area (Å²) in [5.74, 6) is 0.986. The number of aryl methyl sites for hydroxylation is 2. The first-order chi connectivity index (χ1) is 7.17. The largest absolute Gasteiger partial charge is 0.465 e. The zero-order chi connectivity index (χ0) is 11.3. The zero-order valence-corrected chi connectivity index (χ0v) is 10.1. The second-order valence-electron chi connectivity index (χ2n) is 2.97. The second-order valence-corrected chi connectivity index (χ2v) is 3.97. The van der Waals surface area contributed by atoms with Gasteiger partial charge in [0.15, 0.2) is 12.3 Å². The Bertz CT molecular complexity index is 335. The van der Waals surface area contributed by atoms with Gasteiger partial charge >= 0.3 is 5.97 Å². The Morgan fingerprint density at radius 2 is 2.33 bits per heavy atom. The van der Waals surface area contributed by atoms with E-state index in [0.29, 0.717) is 12.4 Å². The number of esters is 1. The van der Waals surface area contributed by atoms with Crippen LogP contribution in [0.25, 0.3) is 0 Å². The Morgan fingerprint density at radius 1 is 1.60 bits per heavy atom. The van der Waals surface area contributed by atoms with Crippen LogP contribution in [0.1, 0.15) is 19.6 Å². The van der Waals surface area contributed by atoms with Gasteiger partial charge in [0.2, 0.25) is 0 Å². The van der Waals surface area contributed by atoms with Crippen molar-refractivity contribution in [2.24, 2.45) is 0 Å². The molecule has 5 heteroatoms. The molecule has 0 unspecified atom stereocenters. The summed E-state index contributed by atoms with van der Waals surface area (Å²) in [5, 5.41) is 0.961. The van der Waals surface area contributed by atoms with E-state index in [0.717, 1.165) is 17.3 Å². The standard InChI is InChI=1S/C10H16NO3S/c1-4-11-9(6-8(3)14-11)15-7-10(12)13-5-2/h6H,4-5,7H2,1-3H3/q+1. The summed E-state index contributed by atoms with van der Waals surface area (Å²) in [6.45, 7) is 6.88. The van der Waals surface area contributed by atoms with Crippen LogP contribution in [-0.4, -0.2) is 18.3 Å². The molecule has 0 N–H and O–H groups in total. The van der Waals surface area contributed by atoms with E-state index in [1.165, 1.54) is 11.8 Å². The van der Waals surface area contributed by atoms with Gasteiger partial charge in [-0.3, -0.25) is 4.79 Å². The Hall–Kier alpha value is -0.970. The average molecular weight is 230 g/mol. The maximum Gasteiger partial charge on any atom is 0.316 e. The molecule has 0 aliphatic heterocycles. The van der Waals surface area contributed by atoms with Gasteiger partial charge in [-0.15, -0.1) is 0 Å². The van der Waals surface area contributed by atoms with Gasteiger partial charge in [0, 0.05) is 6.92 Å². The van der Waals surface area contributed by atoms with Gasteiger partial charge in [0.25, 0.3) is 5.03 Å². The van der Waals surface area contributed by atoms with Gasteiger partial charge < -0.3 is 4.74 Å². The van der Waals surface area contributed by atoms with Crippen molar-refractivity contribution in [1.82, 2.24) is 0 Å². The summed E-state index contributed by atoms with van der Waals surface area (Å²) in [4.78, 5) is 11.1. The van der Waals surface area contributed by atoms with Crippen LogP contribution < -0.4 is 4.74 Å². The minimum absolute atomic E-state index is 0.191. The van der Waals surface area contributed by atoms with Gasteiger partial charge in [-0.25, -0.2) is 4.52 Å². The van der Waals surface area contributed by atoms with Crippen molar-refractivity contribution in [3.8, 4) is 0 Å². The third-order valence-corrected chi connectivity index (χ3v) is 2.75. The van der Waals surface area contributed by atoms with Crippen molar-refractivity contribution in [3.05, 3.63) is 11.8 Å². The van der Waals surface area contributed by atoms with E-state index in [1.807, 2.05) is 19.9 Å². The van der Waals surface area contributed by atoms with Crippen LogP contribution in [0, 0.1) is 6.92 Å². The molecule has 84 valence electrons. The van der Waals surface area contributed by atoms with Gasteiger partial charge in [0.1, 0.15) is 5.75 Å². The molecule has 0 aliphatic carbocycles. The number of rotatable bonds is 5. The lowest BCUT2D eigenvalue weighted by molar-refractivity contribution is -0.890. The first kappa shape index (κ1) is 12.1. The monoisotopic (exact) mass is 230 g/mol. The predicted molar refractivity (Wildman–Crippen MR) is 56.7 cm³/mol. The Balaban J connectivity index is 2.52. The number of thioether (sulfide) groups is 1. The summed E-state index contributed by atoms with van der Waals surface area (Å²) in [6.07, 6.45) is 0. The van der Waals surface area contributed by atoms with Gasteiger partial charge in [-0.2, -0.15) is 0 Å². The fourth-order valence-corrected chi connectivity index (χ4v) is 2.07. The minimum atomic E-state index is -0.191. The van der Waals surface area contributed by atoms with Crippen LogP contribution in [0.2, 0.25) is 0 Å². The zero-order valence-electron chi connectivity index (χ0n) is 9.28. The quantitative estimate of drug-likeness (QED) is 0.437. The molecule has 0 saturated carbocycles. The highest BCUT2D eigenvalue weighted by Gasteiger charge is 2.17. The van der Waals surface area contributed by atoms with E-state index < -0.39 is 0 Å². The van der Waals surface area contributed by atoms with Crippen molar-refractivity contribution in [3.63, 3.8) is 0 Å². The highest BCUT2D eigenvalue weighted by molar-refractivity contribution is 7.99. The van der Waals surface area contributed by atoms with E-state index in [1.54, 1.807) is 11.7 Å². The van der Waals surface area contributed by atoms with Crippen LogP contribution in [0.4, 0.5) is 0 Å². The Labute approximate surface area is 93.6 Å². The molecular formula is C10H16NO3S+. The van der Waals surface area contributed by atoms with Crippen LogP contribution in [-0.2, 0) is 16.1 Å². The van der Waals surface area contributed by atoms with Crippen molar-refractivity contribution >= 4 is 17.7 Å². The summed E-state index contributed by atoms with van der Waals surface area (Å²) >= 11 is 1.44. The smallest absolute Gasteiger partial charge is 0.316 e. The van der Waals surface area contributed by atoms with E-state index >= 15 is 0 Å². The number of hydrogen-bond donors (Lipinski definition) is 0. The number of carbonyl (C=O) groups excluding carboxylic acids is 1. The van der Waals surface area contributed by atoms with Gasteiger partial charge in [-0.05, 0) is 30.3 Å². The van der Waals surface area contributed by atoms with E-state index in [9.17, 15) is 4.79 Å². The molecule has 1 aromatic heterocycles. The Kier molecular flexibility index (Phi) is 4.68. The van der Waals surface area contributed by atoms with Crippen molar-refractivity contribution in [1.29, 1.82) is 0 Å². The molecule has 0 aliphatic rings. The molecular weight excluding hydrogens is 214 g/mol. The van der Waals surface area contributed by atoms with Crippen LogP contribution >= 0.6 is 11.8 Å². The Morgan fingerprint density at radius 3 is 2.93 bits per heavy atom. The van der Waals surface area contributed by atoms with Crippen molar-refractivity contribution < 1.29 is 18.8 Å². The fraction of sp³-hybridized carbons (Fsp3) is 0.600. The number of aromatic nitrogens is 1. The molecule has 1 aromatic rings. The normalized spacial score (nSPS) is 10.3. The summed E-state index contributed by atoms with van der Waals surface area (Å²) in [7, 11) is 0. The third kappa shape index (κ3) is 3.58. The molecule has 0 fully saturated rings. The van der Waals surface area contributed by atoms with Gasteiger partial charge in [-0.1, -0.05) is 0 Å². The topological polar surface area (TPSA) is 43.3 Å². The molecule has 0 spiro atoms. The first-order valence-electron chi connectivity index (χ1n) is 4.96. The van der Waals surface area contributed by atoms with Gasteiger partial charge in [0.05, 0.1) is 12.7 Å². The average Bonchev–Trinajstić information content (AvgIpc) is 2.56. The maximum atomic E-state index is 11.1. The fourth-order valence-electron chi connectivity index (χ4n) is 1.16. The second kappa shape index (κ2) is 5.80. The summed E-state index contributed by atoms with van der Waals surface area (Å²) in [5.41, 5.74) is 0. The summed E-state index contributed by atoms with van der Waals surface area (Å²) < 4.78 is 12.0. The van der Waals surface area contributed by atoms with Crippen LogP contribution in [0.3, 0.4) is 0 Å². The lowest BCUT2D eigenvalue weighted by Gasteiger charge is -1.97. The lowest BCUT2D eigenvalue weighted by Crippen LogP contribution is -2.32. The van der Waals surface area contributed by atoms with Crippen molar-refractivity contribution in [2.45, 2.75) is 32.3 Å². The van der Waals surface area contributed by atoms with E-state index in [2.05, 4.69) is 0 Å². The first-order valence-corrected chi connectivity index (χ1v) is 5.95. The predicted octanol–water partition coefficient (Wildman–Crippen LogP) is 1.55. The van der Waals surface area contributed by atoms with E-state index in [-0.39, 0.29) is 5.97 Å². The molecule has 1 heterocycles. The number of carbonyl (C=O) groups is 1.